The second kappa shape index (κ2) is 9.98. The summed E-state index contributed by atoms with van der Waals surface area (Å²) in [6.45, 7) is 6.56. The van der Waals surface area contributed by atoms with Gasteiger partial charge in [0.15, 0.2) is 0 Å². The van der Waals surface area contributed by atoms with E-state index in [1.54, 1.807) is 24.1 Å². The summed E-state index contributed by atoms with van der Waals surface area (Å²) < 4.78 is 18.9. The van der Waals surface area contributed by atoms with Crippen molar-refractivity contribution in [3.05, 3.63) is 82.6 Å². The molecule has 33 heavy (non-hydrogen) atoms. The van der Waals surface area contributed by atoms with E-state index in [0.717, 1.165) is 47.2 Å². The van der Waals surface area contributed by atoms with Crippen molar-refractivity contribution in [1.29, 1.82) is 0 Å². The minimum Gasteiger partial charge on any atom is -0.497 e. The van der Waals surface area contributed by atoms with Gasteiger partial charge >= 0.3 is 0 Å². The van der Waals surface area contributed by atoms with E-state index in [2.05, 4.69) is 22.0 Å². The zero-order valence-corrected chi connectivity index (χ0v) is 19.3. The maximum Gasteiger partial charge on any atom is 0.254 e. The number of rotatable bonds is 5. The molecule has 1 amide bonds. The second-order valence-electron chi connectivity index (χ2n) is 8.33. The predicted molar refractivity (Wildman–Crippen MR) is 126 cm³/mol. The van der Waals surface area contributed by atoms with Gasteiger partial charge in [-0.3, -0.25) is 4.79 Å². The number of methoxy groups -OCH3 is 1. The number of carbonyl (C=O) groups excluding carboxylic acids is 1. The lowest BCUT2D eigenvalue weighted by atomic mass is 10.0. The molecule has 3 aromatic rings. The van der Waals surface area contributed by atoms with Crippen LogP contribution in [0, 0.1) is 19.7 Å². The van der Waals surface area contributed by atoms with Crippen molar-refractivity contribution in [3.63, 3.8) is 0 Å². The number of benzene rings is 2. The molecule has 1 aliphatic heterocycles. The Kier molecular flexibility index (Phi) is 6.87. The van der Waals surface area contributed by atoms with E-state index in [1.807, 2.05) is 26.0 Å². The normalized spacial score (nSPS) is 14.2. The maximum absolute atomic E-state index is 13.6. The zero-order chi connectivity index (χ0) is 23.4. The second-order valence-corrected chi connectivity index (χ2v) is 8.33. The Morgan fingerprint density at radius 1 is 1.03 bits per heavy atom. The van der Waals surface area contributed by atoms with Crippen LogP contribution in [0.15, 0.2) is 48.5 Å². The molecule has 0 bridgehead atoms. The van der Waals surface area contributed by atoms with Gasteiger partial charge in [0, 0.05) is 49.4 Å². The van der Waals surface area contributed by atoms with Crippen molar-refractivity contribution in [3.8, 4) is 5.75 Å². The molecule has 0 atom stereocenters. The molecule has 0 spiro atoms. The van der Waals surface area contributed by atoms with Gasteiger partial charge in [0.25, 0.3) is 5.91 Å². The third kappa shape index (κ3) is 5.30. The summed E-state index contributed by atoms with van der Waals surface area (Å²) in [6, 6.07) is 13.9. The number of ether oxygens (including phenoxy) is 1. The number of halogens is 1. The molecule has 1 aromatic heterocycles. The van der Waals surface area contributed by atoms with Gasteiger partial charge in [0.05, 0.1) is 7.11 Å². The molecule has 2 aromatic carbocycles. The third-order valence-electron chi connectivity index (χ3n) is 6.00. The van der Waals surface area contributed by atoms with Crippen LogP contribution in [0.25, 0.3) is 0 Å². The standard InChI is InChI=1S/C26H29FN4O2/c1-18-24(16-20-8-10-23(33-3)11-9-20)25(29-19(2)28-18)30-12-5-13-31(15-14-30)26(32)21-6-4-7-22(27)17-21/h4,6-11,17H,5,12-16H2,1-3H3. The minimum atomic E-state index is -0.396. The number of aryl methyl sites for hydroxylation is 2. The van der Waals surface area contributed by atoms with Crippen LogP contribution in [-0.2, 0) is 6.42 Å². The van der Waals surface area contributed by atoms with E-state index in [-0.39, 0.29) is 5.91 Å². The van der Waals surface area contributed by atoms with Crippen LogP contribution in [0.4, 0.5) is 10.2 Å². The highest BCUT2D eigenvalue weighted by molar-refractivity contribution is 5.94. The Morgan fingerprint density at radius 2 is 1.82 bits per heavy atom. The monoisotopic (exact) mass is 448 g/mol. The third-order valence-corrected chi connectivity index (χ3v) is 6.00. The predicted octanol–water partition coefficient (Wildman–Crippen LogP) is 4.18. The summed E-state index contributed by atoms with van der Waals surface area (Å²) in [5, 5.41) is 0. The van der Waals surface area contributed by atoms with Crippen molar-refractivity contribution in [2.75, 3.05) is 38.2 Å². The van der Waals surface area contributed by atoms with Crippen LogP contribution in [0.1, 0.15) is 39.4 Å². The SMILES string of the molecule is COc1ccc(Cc2c(C)nc(C)nc2N2CCCN(C(=O)c3cccc(F)c3)CC2)cc1. The van der Waals surface area contributed by atoms with Gasteiger partial charge in [-0.25, -0.2) is 14.4 Å². The van der Waals surface area contributed by atoms with Crippen molar-refractivity contribution in [2.45, 2.75) is 26.7 Å². The topological polar surface area (TPSA) is 58.6 Å². The van der Waals surface area contributed by atoms with Gasteiger partial charge in [-0.1, -0.05) is 18.2 Å². The molecule has 0 N–H and O–H groups in total. The molecule has 1 saturated heterocycles. The first-order valence-electron chi connectivity index (χ1n) is 11.2. The highest BCUT2D eigenvalue weighted by Gasteiger charge is 2.24. The van der Waals surface area contributed by atoms with Crippen LogP contribution in [-0.4, -0.2) is 54.1 Å². The van der Waals surface area contributed by atoms with Gasteiger partial charge in [0.1, 0.15) is 23.2 Å². The number of hydrogen-bond acceptors (Lipinski definition) is 5. The lowest BCUT2D eigenvalue weighted by molar-refractivity contribution is 0.0766. The Labute approximate surface area is 194 Å². The molecule has 172 valence electrons. The van der Waals surface area contributed by atoms with Crippen LogP contribution in [0.2, 0.25) is 0 Å². The summed E-state index contributed by atoms with van der Waals surface area (Å²) in [7, 11) is 1.66. The smallest absolute Gasteiger partial charge is 0.254 e. The minimum absolute atomic E-state index is 0.134. The van der Waals surface area contributed by atoms with Crippen LogP contribution in [0.5, 0.6) is 5.75 Å². The quantitative estimate of drug-likeness (QED) is 0.586. The Hall–Kier alpha value is -3.48. The highest BCUT2D eigenvalue weighted by Crippen LogP contribution is 2.26. The van der Waals surface area contributed by atoms with E-state index >= 15 is 0 Å². The number of anilines is 1. The van der Waals surface area contributed by atoms with Gasteiger partial charge in [-0.2, -0.15) is 0 Å². The molecular formula is C26H29FN4O2. The van der Waals surface area contributed by atoms with E-state index < -0.39 is 5.82 Å². The zero-order valence-electron chi connectivity index (χ0n) is 19.3. The fourth-order valence-corrected chi connectivity index (χ4v) is 4.27. The van der Waals surface area contributed by atoms with Crippen molar-refractivity contribution >= 4 is 11.7 Å². The van der Waals surface area contributed by atoms with Crippen LogP contribution >= 0.6 is 0 Å². The Balaban J connectivity index is 1.55. The number of nitrogens with zero attached hydrogens (tertiary/aromatic N) is 4. The number of hydrogen-bond donors (Lipinski definition) is 0. The molecule has 0 saturated carbocycles. The first-order chi connectivity index (χ1) is 15.9. The lowest BCUT2D eigenvalue weighted by Crippen LogP contribution is -2.35. The molecule has 1 fully saturated rings. The number of amides is 1. The van der Waals surface area contributed by atoms with Gasteiger partial charge < -0.3 is 14.5 Å². The van der Waals surface area contributed by atoms with Crippen molar-refractivity contribution < 1.29 is 13.9 Å². The summed E-state index contributed by atoms with van der Waals surface area (Å²) in [6.07, 6.45) is 1.53. The largest absolute Gasteiger partial charge is 0.497 e. The molecular weight excluding hydrogens is 419 g/mol. The average molecular weight is 449 g/mol. The van der Waals surface area contributed by atoms with E-state index in [1.165, 1.54) is 12.1 Å². The molecule has 1 aliphatic rings. The maximum atomic E-state index is 13.6. The Morgan fingerprint density at radius 3 is 2.55 bits per heavy atom. The summed E-state index contributed by atoms with van der Waals surface area (Å²) in [4.78, 5) is 26.4. The van der Waals surface area contributed by atoms with Crippen LogP contribution < -0.4 is 9.64 Å². The first-order valence-corrected chi connectivity index (χ1v) is 11.2. The van der Waals surface area contributed by atoms with Crippen molar-refractivity contribution in [2.24, 2.45) is 0 Å². The molecule has 0 aliphatic carbocycles. The molecule has 0 unspecified atom stereocenters. The van der Waals surface area contributed by atoms with E-state index in [9.17, 15) is 9.18 Å². The molecule has 2 heterocycles. The fraction of sp³-hybridized carbons (Fsp3) is 0.346. The molecule has 0 radical (unpaired) electrons. The molecule has 4 rings (SSSR count). The molecule has 7 heteroatoms. The number of carbonyl (C=O) groups is 1. The van der Waals surface area contributed by atoms with Crippen LogP contribution in [0.3, 0.4) is 0 Å². The first kappa shape index (κ1) is 22.7. The summed E-state index contributed by atoms with van der Waals surface area (Å²) in [5.41, 5.74) is 3.60. The number of aromatic nitrogens is 2. The fourth-order valence-electron chi connectivity index (χ4n) is 4.27. The van der Waals surface area contributed by atoms with Crippen molar-refractivity contribution in [1.82, 2.24) is 14.9 Å². The van der Waals surface area contributed by atoms with Gasteiger partial charge in [-0.05, 0) is 56.2 Å². The highest BCUT2D eigenvalue weighted by atomic mass is 19.1. The van der Waals surface area contributed by atoms with Gasteiger partial charge in [-0.15, -0.1) is 0 Å². The average Bonchev–Trinajstić information content (AvgIpc) is 3.07. The van der Waals surface area contributed by atoms with E-state index in [0.29, 0.717) is 31.6 Å². The van der Waals surface area contributed by atoms with Gasteiger partial charge in [0.2, 0.25) is 0 Å². The summed E-state index contributed by atoms with van der Waals surface area (Å²) in [5.74, 6) is 1.96. The van der Waals surface area contributed by atoms with E-state index in [4.69, 9.17) is 9.72 Å². The lowest BCUT2D eigenvalue weighted by Gasteiger charge is -2.26. The summed E-state index contributed by atoms with van der Waals surface area (Å²) >= 11 is 0. The molecule has 6 nitrogen and oxygen atoms in total. The Bertz CT molecular complexity index is 1130.